The smallest absolute Gasteiger partial charge is 0.242 e. The minimum Gasteiger partial charge on any atom is -0.508 e. The first kappa shape index (κ1) is 21.5. The Morgan fingerprint density at radius 1 is 1.16 bits per heavy atom. The fraction of sp³-hybridized carbons (Fsp3) is 0.519. The Balaban J connectivity index is 1.42. The SMILES string of the molecule is CC(C)CN1C[C@@H]2C[C@H]3CN[C@]2(C(=O)NCc2ccc(O)cc2)[C@@H]1[C@@H]3Cc1ccccc1. The maximum atomic E-state index is 13.9. The lowest BCUT2D eigenvalue weighted by Gasteiger charge is -2.56. The van der Waals surface area contributed by atoms with E-state index < -0.39 is 5.54 Å². The van der Waals surface area contributed by atoms with Gasteiger partial charge in [0, 0.05) is 31.6 Å². The van der Waals surface area contributed by atoms with E-state index in [1.165, 1.54) is 5.56 Å². The van der Waals surface area contributed by atoms with Gasteiger partial charge in [-0.2, -0.15) is 0 Å². The summed E-state index contributed by atoms with van der Waals surface area (Å²) in [7, 11) is 0. The molecule has 1 amide bonds. The standard InChI is InChI=1S/C27H35N3O2/c1-18(2)16-30-17-22-13-21-15-29-27(22,25(30)24(21)12-19-6-4-3-5-7-19)26(32)28-14-20-8-10-23(31)11-9-20/h3-11,18,21-22,24-25,29,31H,12-17H2,1-2H3,(H,28,32)/t21-,22-,24+,25-,27-/m0/s1. The van der Waals surface area contributed by atoms with Crippen molar-refractivity contribution in [1.82, 2.24) is 15.5 Å². The Kier molecular flexibility index (Phi) is 5.72. The molecule has 5 nitrogen and oxygen atoms in total. The Morgan fingerprint density at radius 2 is 1.91 bits per heavy atom. The van der Waals surface area contributed by atoms with Gasteiger partial charge in [-0.25, -0.2) is 0 Å². The van der Waals surface area contributed by atoms with Gasteiger partial charge in [-0.05, 0) is 60.4 Å². The van der Waals surface area contributed by atoms with E-state index in [4.69, 9.17) is 0 Å². The van der Waals surface area contributed by atoms with Gasteiger partial charge in [0.1, 0.15) is 11.3 Å². The third kappa shape index (κ3) is 3.71. The average molecular weight is 434 g/mol. The van der Waals surface area contributed by atoms with Crippen molar-refractivity contribution in [3.8, 4) is 5.75 Å². The highest BCUT2D eigenvalue weighted by Gasteiger charge is 2.67. The van der Waals surface area contributed by atoms with E-state index in [0.717, 1.165) is 38.0 Å². The summed E-state index contributed by atoms with van der Waals surface area (Å²) >= 11 is 0. The molecule has 4 fully saturated rings. The first-order valence-corrected chi connectivity index (χ1v) is 12.1. The summed E-state index contributed by atoms with van der Waals surface area (Å²) in [6, 6.07) is 18.1. The molecule has 3 heterocycles. The minimum atomic E-state index is -0.514. The number of rotatable bonds is 7. The number of fused-ring (bicyclic) bond motifs is 1. The topological polar surface area (TPSA) is 64.6 Å². The van der Waals surface area contributed by atoms with Crippen molar-refractivity contribution in [2.45, 2.75) is 44.8 Å². The number of phenolic OH excluding ortho intramolecular Hbond substituents is 1. The maximum Gasteiger partial charge on any atom is 0.242 e. The molecule has 170 valence electrons. The average Bonchev–Trinajstić information content (AvgIpc) is 3.04. The van der Waals surface area contributed by atoms with Gasteiger partial charge in [0.05, 0.1) is 0 Å². The number of amides is 1. The van der Waals surface area contributed by atoms with E-state index in [1.54, 1.807) is 12.1 Å². The molecular formula is C27H35N3O2. The van der Waals surface area contributed by atoms with Crippen LogP contribution in [0.1, 0.15) is 31.4 Å². The van der Waals surface area contributed by atoms with Crippen LogP contribution in [0.4, 0.5) is 0 Å². The zero-order valence-electron chi connectivity index (χ0n) is 19.1. The van der Waals surface area contributed by atoms with Crippen LogP contribution < -0.4 is 10.6 Å². The number of piperidine rings is 2. The summed E-state index contributed by atoms with van der Waals surface area (Å²) in [5, 5.41) is 16.6. The number of benzene rings is 2. The van der Waals surface area contributed by atoms with Crippen LogP contribution in [0, 0.1) is 23.7 Å². The Hall–Kier alpha value is -2.37. The number of carbonyl (C=O) groups is 1. The summed E-state index contributed by atoms with van der Waals surface area (Å²) in [5.41, 5.74) is 1.86. The maximum absolute atomic E-state index is 13.9. The lowest BCUT2D eigenvalue weighted by atomic mass is 9.58. The summed E-state index contributed by atoms with van der Waals surface area (Å²) in [6.45, 7) is 8.00. The molecule has 0 spiro atoms. The molecule has 5 atom stereocenters. The van der Waals surface area contributed by atoms with Crippen molar-refractivity contribution in [3.05, 3.63) is 65.7 Å². The molecule has 3 saturated heterocycles. The predicted octanol–water partition coefficient (Wildman–Crippen LogP) is 3.19. The number of carbonyl (C=O) groups excluding carboxylic acids is 1. The lowest BCUT2D eigenvalue weighted by molar-refractivity contribution is -0.138. The van der Waals surface area contributed by atoms with Crippen molar-refractivity contribution in [1.29, 1.82) is 0 Å². The number of aromatic hydroxyl groups is 1. The zero-order valence-corrected chi connectivity index (χ0v) is 19.1. The first-order valence-electron chi connectivity index (χ1n) is 12.1. The second-order valence-corrected chi connectivity index (χ2v) is 10.4. The van der Waals surface area contributed by atoms with E-state index >= 15 is 0 Å². The Bertz CT molecular complexity index is 945. The van der Waals surface area contributed by atoms with Crippen LogP contribution in [0.15, 0.2) is 54.6 Å². The Labute approximate surface area is 191 Å². The lowest BCUT2D eigenvalue weighted by Crippen LogP contribution is -2.76. The molecule has 1 saturated carbocycles. The van der Waals surface area contributed by atoms with Gasteiger partial charge in [0.25, 0.3) is 0 Å². The molecule has 32 heavy (non-hydrogen) atoms. The molecule has 0 radical (unpaired) electrons. The van der Waals surface area contributed by atoms with Crippen molar-refractivity contribution < 1.29 is 9.90 Å². The van der Waals surface area contributed by atoms with Gasteiger partial charge in [-0.15, -0.1) is 0 Å². The molecule has 6 rings (SSSR count). The van der Waals surface area contributed by atoms with Crippen molar-refractivity contribution in [3.63, 3.8) is 0 Å². The number of nitrogens with zero attached hydrogens (tertiary/aromatic N) is 1. The van der Waals surface area contributed by atoms with Crippen LogP contribution in [0.5, 0.6) is 5.75 Å². The molecule has 4 bridgehead atoms. The molecule has 3 N–H and O–H groups in total. The highest BCUT2D eigenvalue weighted by molar-refractivity contribution is 5.89. The van der Waals surface area contributed by atoms with Gasteiger partial charge in [0.2, 0.25) is 5.91 Å². The van der Waals surface area contributed by atoms with Gasteiger partial charge in [0.15, 0.2) is 0 Å². The fourth-order valence-corrected chi connectivity index (χ4v) is 6.68. The predicted molar refractivity (Wildman–Crippen MR) is 126 cm³/mol. The quantitative estimate of drug-likeness (QED) is 0.628. The molecular weight excluding hydrogens is 398 g/mol. The molecule has 4 aliphatic rings. The number of hydrogen-bond donors (Lipinski definition) is 3. The van der Waals surface area contributed by atoms with Crippen molar-refractivity contribution >= 4 is 5.91 Å². The third-order valence-corrected chi connectivity index (χ3v) is 7.89. The fourth-order valence-electron chi connectivity index (χ4n) is 6.68. The summed E-state index contributed by atoms with van der Waals surface area (Å²) in [4.78, 5) is 16.5. The van der Waals surface area contributed by atoms with E-state index in [0.29, 0.717) is 30.2 Å². The van der Waals surface area contributed by atoms with Crippen LogP contribution in [0.25, 0.3) is 0 Å². The summed E-state index contributed by atoms with van der Waals surface area (Å²) < 4.78 is 0. The summed E-state index contributed by atoms with van der Waals surface area (Å²) in [6.07, 6.45) is 2.16. The molecule has 0 unspecified atom stereocenters. The van der Waals surface area contributed by atoms with Gasteiger partial charge >= 0.3 is 0 Å². The molecule has 0 aromatic heterocycles. The van der Waals surface area contributed by atoms with E-state index in [9.17, 15) is 9.90 Å². The normalized spacial score (nSPS) is 31.2. The molecule has 3 aliphatic heterocycles. The largest absolute Gasteiger partial charge is 0.508 e. The summed E-state index contributed by atoms with van der Waals surface area (Å²) in [5.74, 6) is 2.42. The van der Waals surface area contributed by atoms with Crippen LogP contribution in [-0.2, 0) is 17.8 Å². The van der Waals surface area contributed by atoms with Gasteiger partial charge < -0.3 is 15.7 Å². The number of phenols is 1. The van der Waals surface area contributed by atoms with E-state index in [2.05, 4.69) is 59.7 Å². The van der Waals surface area contributed by atoms with Crippen LogP contribution >= 0.6 is 0 Å². The van der Waals surface area contributed by atoms with E-state index in [1.807, 2.05) is 12.1 Å². The zero-order chi connectivity index (χ0) is 22.3. The first-order chi connectivity index (χ1) is 15.5. The third-order valence-electron chi connectivity index (χ3n) is 7.89. The second kappa shape index (κ2) is 8.53. The van der Waals surface area contributed by atoms with Crippen LogP contribution in [-0.4, -0.2) is 47.1 Å². The molecule has 2 aromatic carbocycles. The van der Waals surface area contributed by atoms with Crippen molar-refractivity contribution in [2.75, 3.05) is 19.6 Å². The van der Waals surface area contributed by atoms with Gasteiger partial charge in [-0.3, -0.25) is 9.69 Å². The molecule has 1 aliphatic carbocycles. The number of likely N-dealkylation sites (tertiary alicyclic amines) is 1. The monoisotopic (exact) mass is 433 g/mol. The van der Waals surface area contributed by atoms with Crippen LogP contribution in [0.2, 0.25) is 0 Å². The number of hydrogen-bond acceptors (Lipinski definition) is 4. The van der Waals surface area contributed by atoms with Crippen LogP contribution in [0.3, 0.4) is 0 Å². The second-order valence-electron chi connectivity index (χ2n) is 10.4. The highest BCUT2D eigenvalue weighted by atomic mass is 16.3. The Morgan fingerprint density at radius 3 is 2.62 bits per heavy atom. The minimum absolute atomic E-state index is 0.142. The van der Waals surface area contributed by atoms with E-state index in [-0.39, 0.29) is 17.7 Å². The number of nitrogens with one attached hydrogen (secondary N) is 2. The molecule has 2 aromatic rings. The van der Waals surface area contributed by atoms with Gasteiger partial charge in [-0.1, -0.05) is 56.3 Å². The highest BCUT2D eigenvalue weighted by Crippen LogP contribution is 2.53. The molecule has 5 heteroatoms. The van der Waals surface area contributed by atoms with Crippen molar-refractivity contribution in [2.24, 2.45) is 23.7 Å².